The van der Waals surface area contributed by atoms with Crippen LogP contribution in [-0.2, 0) is 16.1 Å². The van der Waals surface area contributed by atoms with Crippen LogP contribution in [0.15, 0.2) is 78.6 Å². The van der Waals surface area contributed by atoms with Crippen molar-refractivity contribution in [3.63, 3.8) is 0 Å². The molecule has 1 fully saturated rings. The Labute approximate surface area is 191 Å². The summed E-state index contributed by atoms with van der Waals surface area (Å²) in [7, 11) is 0. The summed E-state index contributed by atoms with van der Waals surface area (Å²) < 4.78 is 5.71. The van der Waals surface area contributed by atoms with E-state index in [1.54, 1.807) is 60.9 Å². The van der Waals surface area contributed by atoms with Gasteiger partial charge in [0.05, 0.1) is 17.7 Å². The number of amides is 1. The van der Waals surface area contributed by atoms with Gasteiger partial charge in [-0.05, 0) is 55.3 Å². The van der Waals surface area contributed by atoms with E-state index in [1.807, 2.05) is 13.8 Å². The fourth-order valence-corrected chi connectivity index (χ4v) is 3.92. The summed E-state index contributed by atoms with van der Waals surface area (Å²) in [5.41, 5.74) is 1.56. The number of phenols is 1. The summed E-state index contributed by atoms with van der Waals surface area (Å²) >= 11 is 0. The van der Waals surface area contributed by atoms with Crippen LogP contribution in [0, 0.1) is 0 Å². The second kappa shape index (κ2) is 9.16. The molecule has 1 aromatic heterocycles. The smallest absolute Gasteiger partial charge is 0.295 e. The van der Waals surface area contributed by atoms with E-state index in [9.17, 15) is 19.8 Å². The Hall–Kier alpha value is -4.13. The fourth-order valence-electron chi connectivity index (χ4n) is 3.92. The van der Waals surface area contributed by atoms with E-state index in [0.29, 0.717) is 16.9 Å². The Bertz CT molecular complexity index is 1220. The molecule has 0 aliphatic carbocycles. The van der Waals surface area contributed by atoms with Crippen LogP contribution in [0.25, 0.3) is 5.76 Å². The van der Waals surface area contributed by atoms with Crippen molar-refractivity contribution in [2.75, 3.05) is 0 Å². The average Bonchev–Trinajstić information content (AvgIpc) is 3.04. The molecule has 0 radical (unpaired) electrons. The summed E-state index contributed by atoms with van der Waals surface area (Å²) in [5.74, 6) is -1.30. The van der Waals surface area contributed by atoms with E-state index < -0.39 is 17.7 Å². The molecule has 1 atom stereocenters. The minimum absolute atomic E-state index is 0.00760. The molecule has 0 saturated carbocycles. The van der Waals surface area contributed by atoms with Gasteiger partial charge in [0.1, 0.15) is 17.3 Å². The second-order valence-corrected chi connectivity index (χ2v) is 8.08. The normalized spacial score (nSPS) is 17.5. The van der Waals surface area contributed by atoms with Crippen LogP contribution in [0.1, 0.15) is 36.6 Å². The minimum atomic E-state index is -0.882. The predicted octanol–water partition coefficient (Wildman–Crippen LogP) is 4.20. The lowest BCUT2D eigenvalue weighted by Crippen LogP contribution is -2.29. The molecule has 168 valence electrons. The number of aromatic nitrogens is 1. The molecule has 2 heterocycles. The standard InChI is InChI=1S/C26H24N2O5/c1-16(2)33-21-10-4-8-19(13-21)24(30)22-23(18-7-3-9-20(29)12-18)28(26(32)25(22)31)15-17-6-5-11-27-14-17/h3-14,16,23,29-30H,15H2,1-2H3/b24-22-. The lowest BCUT2D eigenvalue weighted by Gasteiger charge is -2.25. The number of likely N-dealkylation sites (tertiary alicyclic amines) is 1. The van der Waals surface area contributed by atoms with Crippen LogP contribution < -0.4 is 4.74 Å². The van der Waals surface area contributed by atoms with E-state index in [2.05, 4.69) is 4.98 Å². The van der Waals surface area contributed by atoms with E-state index >= 15 is 0 Å². The third-order valence-corrected chi connectivity index (χ3v) is 5.28. The van der Waals surface area contributed by atoms with Gasteiger partial charge >= 0.3 is 0 Å². The number of pyridine rings is 1. The topological polar surface area (TPSA) is 100.0 Å². The van der Waals surface area contributed by atoms with Crippen molar-refractivity contribution in [3.05, 3.63) is 95.3 Å². The molecule has 2 N–H and O–H groups in total. The Kier molecular flexibility index (Phi) is 6.13. The van der Waals surface area contributed by atoms with E-state index in [1.165, 1.54) is 17.0 Å². The Morgan fingerprint density at radius 1 is 1.09 bits per heavy atom. The first-order valence-corrected chi connectivity index (χ1v) is 10.6. The highest BCUT2D eigenvalue weighted by molar-refractivity contribution is 6.46. The van der Waals surface area contributed by atoms with Crippen LogP contribution in [0.5, 0.6) is 11.5 Å². The zero-order valence-corrected chi connectivity index (χ0v) is 18.3. The molecule has 2 aromatic carbocycles. The molecule has 7 nitrogen and oxygen atoms in total. The summed E-state index contributed by atoms with van der Waals surface area (Å²) in [5, 5.41) is 21.3. The van der Waals surface area contributed by atoms with Crippen molar-refractivity contribution in [1.82, 2.24) is 9.88 Å². The molecule has 1 unspecified atom stereocenters. The number of nitrogens with zero attached hydrogens (tertiary/aromatic N) is 2. The molecular formula is C26H24N2O5. The number of phenolic OH excluding ortho intramolecular Hbond substituents is 1. The number of aliphatic hydroxyl groups excluding tert-OH is 1. The van der Waals surface area contributed by atoms with Crippen LogP contribution in [0.2, 0.25) is 0 Å². The lowest BCUT2D eigenvalue weighted by atomic mass is 9.95. The van der Waals surface area contributed by atoms with Crippen molar-refractivity contribution in [3.8, 4) is 11.5 Å². The van der Waals surface area contributed by atoms with Crippen LogP contribution in [-0.4, -0.2) is 37.9 Å². The number of Topliss-reactive ketones (excluding diaryl/α,β-unsaturated/α-hetero) is 1. The number of hydrogen-bond acceptors (Lipinski definition) is 6. The molecule has 7 heteroatoms. The van der Waals surface area contributed by atoms with Crippen molar-refractivity contribution in [2.45, 2.75) is 32.5 Å². The molecule has 0 spiro atoms. The molecule has 1 aliphatic heterocycles. The number of hydrogen-bond donors (Lipinski definition) is 2. The highest BCUT2D eigenvalue weighted by Crippen LogP contribution is 2.41. The van der Waals surface area contributed by atoms with Gasteiger partial charge in [-0.1, -0.05) is 30.3 Å². The highest BCUT2D eigenvalue weighted by atomic mass is 16.5. The number of ketones is 1. The summed E-state index contributed by atoms with van der Waals surface area (Å²) in [6.07, 6.45) is 3.17. The van der Waals surface area contributed by atoms with Gasteiger partial charge in [-0.25, -0.2) is 0 Å². The number of benzene rings is 2. The number of ether oxygens (including phenoxy) is 1. The maximum Gasteiger partial charge on any atom is 0.295 e. The van der Waals surface area contributed by atoms with Gasteiger partial charge in [0.15, 0.2) is 0 Å². The second-order valence-electron chi connectivity index (χ2n) is 8.08. The van der Waals surface area contributed by atoms with E-state index in [-0.39, 0.29) is 29.7 Å². The lowest BCUT2D eigenvalue weighted by molar-refractivity contribution is -0.140. The third-order valence-electron chi connectivity index (χ3n) is 5.28. The number of aliphatic hydroxyl groups is 1. The van der Waals surface area contributed by atoms with Crippen LogP contribution >= 0.6 is 0 Å². The number of carbonyl (C=O) groups is 2. The number of aromatic hydroxyl groups is 1. The maximum atomic E-state index is 13.1. The summed E-state index contributed by atoms with van der Waals surface area (Å²) in [6, 6.07) is 15.7. The zero-order chi connectivity index (χ0) is 23.5. The highest BCUT2D eigenvalue weighted by Gasteiger charge is 2.46. The number of rotatable bonds is 6. The van der Waals surface area contributed by atoms with Crippen LogP contribution in [0.4, 0.5) is 0 Å². The Morgan fingerprint density at radius 3 is 2.58 bits per heavy atom. The van der Waals surface area contributed by atoms with Gasteiger partial charge < -0.3 is 19.8 Å². The average molecular weight is 444 g/mol. The first-order valence-electron chi connectivity index (χ1n) is 10.6. The van der Waals surface area contributed by atoms with Gasteiger partial charge in [-0.15, -0.1) is 0 Å². The quantitative estimate of drug-likeness (QED) is 0.336. The zero-order valence-electron chi connectivity index (χ0n) is 18.3. The van der Waals surface area contributed by atoms with Crippen molar-refractivity contribution in [1.29, 1.82) is 0 Å². The minimum Gasteiger partial charge on any atom is -0.508 e. The first-order chi connectivity index (χ1) is 15.8. The van der Waals surface area contributed by atoms with Gasteiger partial charge in [0.2, 0.25) is 0 Å². The van der Waals surface area contributed by atoms with Gasteiger partial charge in [0.25, 0.3) is 11.7 Å². The van der Waals surface area contributed by atoms with Gasteiger partial charge in [-0.3, -0.25) is 14.6 Å². The fraction of sp³-hybridized carbons (Fsp3) is 0.192. The Morgan fingerprint density at radius 2 is 1.88 bits per heavy atom. The molecule has 33 heavy (non-hydrogen) atoms. The summed E-state index contributed by atoms with van der Waals surface area (Å²) in [4.78, 5) is 31.7. The third kappa shape index (κ3) is 4.57. The van der Waals surface area contributed by atoms with E-state index in [0.717, 1.165) is 5.56 Å². The van der Waals surface area contributed by atoms with Crippen molar-refractivity contribution >= 4 is 17.4 Å². The van der Waals surface area contributed by atoms with E-state index in [4.69, 9.17) is 4.74 Å². The largest absolute Gasteiger partial charge is 0.508 e. The molecule has 0 bridgehead atoms. The molecule has 1 aliphatic rings. The Balaban J connectivity index is 1.84. The first kappa shape index (κ1) is 22.1. The predicted molar refractivity (Wildman–Crippen MR) is 122 cm³/mol. The molecule has 1 saturated heterocycles. The van der Waals surface area contributed by atoms with Crippen LogP contribution in [0.3, 0.4) is 0 Å². The van der Waals surface area contributed by atoms with Gasteiger partial charge in [-0.2, -0.15) is 0 Å². The molecule has 1 amide bonds. The monoisotopic (exact) mass is 444 g/mol. The molecule has 3 aromatic rings. The van der Waals surface area contributed by atoms with Crippen molar-refractivity contribution in [2.24, 2.45) is 0 Å². The summed E-state index contributed by atoms with van der Waals surface area (Å²) in [6.45, 7) is 3.89. The maximum absolute atomic E-state index is 13.1. The molecule has 4 rings (SSSR count). The SMILES string of the molecule is CC(C)Oc1cccc(/C(O)=C2/C(=O)C(=O)N(Cc3cccnc3)C2c2cccc(O)c2)c1. The van der Waals surface area contributed by atoms with Crippen molar-refractivity contribution < 1.29 is 24.5 Å². The number of carbonyl (C=O) groups excluding carboxylic acids is 2. The molecular weight excluding hydrogens is 420 g/mol. The van der Waals surface area contributed by atoms with Gasteiger partial charge in [0, 0.05) is 24.5 Å².